The number of amides is 2. The van der Waals surface area contributed by atoms with Gasteiger partial charge in [0.25, 0.3) is 0 Å². The molecule has 0 aromatic rings. The Morgan fingerprint density at radius 2 is 1.75 bits per heavy atom. The van der Waals surface area contributed by atoms with Crippen LogP contribution in [0.15, 0.2) is 0 Å². The first-order valence-electron chi connectivity index (χ1n) is 6.86. The van der Waals surface area contributed by atoms with Crippen molar-refractivity contribution >= 4 is 18.0 Å². The molecule has 0 bridgehead atoms. The third kappa shape index (κ3) is 4.40. The van der Waals surface area contributed by atoms with Gasteiger partial charge in [-0.25, -0.2) is 9.59 Å². The maximum Gasteiger partial charge on any atom is 0.326 e. The number of aliphatic carboxylic acids is 2. The van der Waals surface area contributed by atoms with Gasteiger partial charge in [-0.05, 0) is 39.5 Å². The van der Waals surface area contributed by atoms with Gasteiger partial charge in [-0.2, -0.15) is 0 Å². The lowest BCUT2D eigenvalue weighted by Crippen LogP contribution is -2.55. The van der Waals surface area contributed by atoms with Crippen molar-refractivity contribution in [2.45, 2.75) is 64.1 Å². The summed E-state index contributed by atoms with van der Waals surface area (Å²) in [7, 11) is 0. The smallest absolute Gasteiger partial charge is 0.326 e. The molecular formula is C13H22N2O5. The lowest BCUT2D eigenvalue weighted by molar-refractivity contribution is -0.140. The Kier molecular flexibility index (Phi) is 5.79. The second-order valence-corrected chi connectivity index (χ2v) is 5.31. The van der Waals surface area contributed by atoms with Crippen LogP contribution in [-0.2, 0) is 9.59 Å². The lowest BCUT2D eigenvalue weighted by Gasteiger charge is -2.39. The predicted molar refractivity (Wildman–Crippen MR) is 71.4 cm³/mol. The van der Waals surface area contributed by atoms with Crippen molar-refractivity contribution in [1.29, 1.82) is 0 Å². The van der Waals surface area contributed by atoms with E-state index in [9.17, 15) is 14.4 Å². The van der Waals surface area contributed by atoms with Crippen LogP contribution in [0.4, 0.5) is 4.79 Å². The van der Waals surface area contributed by atoms with Gasteiger partial charge in [-0.1, -0.05) is 0 Å². The van der Waals surface area contributed by atoms with Crippen molar-refractivity contribution in [1.82, 2.24) is 10.2 Å². The summed E-state index contributed by atoms with van der Waals surface area (Å²) in [5.41, 5.74) is 0. The number of likely N-dealkylation sites (tertiary alicyclic amines) is 1. The van der Waals surface area contributed by atoms with Crippen LogP contribution in [-0.4, -0.2) is 51.2 Å². The highest BCUT2D eigenvalue weighted by atomic mass is 16.4. The minimum absolute atomic E-state index is 0.0627. The van der Waals surface area contributed by atoms with Gasteiger partial charge in [0.1, 0.15) is 6.04 Å². The fourth-order valence-electron chi connectivity index (χ4n) is 2.57. The summed E-state index contributed by atoms with van der Waals surface area (Å²) in [5.74, 6) is -2.29. The Morgan fingerprint density at radius 1 is 1.20 bits per heavy atom. The van der Waals surface area contributed by atoms with E-state index in [1.165, 1.54) is 0 Å². The first-order chi connectivity index (χ1) is 9.32. The molecule has 1 rings (SSSR count). The quantitative estimate of drug-likeness (QED) is 0.705. The van der Waals surface area contributed by atoms with Gasteiger partial charge in [0.2, 0.25) is 0 Å². The number of hydrogen-bond donors (Lipinski definition) is 3. The van der Waals surface area contributed by atoms with Crippen LogP contribution in [0.3, 0.4) is 0 Å². The topological polar surface area (TPSA) is 107 Å². The van der Waals surface area contributed by atoms with Gasteiger partial charge < -0.3 is 20.4 Å². The number of carboxylic acid groups (broad SMARTS) is 2. The van der Waals surface area contributed by atoms with E-state index in [1.807, 2.05) is 13.8 Å². The zero-order chi connectivity index (χ0) is 15.3. The Morgan fingerprint density at radius 3 is 2.20 bits per heavy atom. The summed E-state index contributed by atoms with van der Waals surface area (Å²) in [6.07, 6.45) is 2.43. The summed E-state index contributed by atoms with van der Waals surface area (Å²) in [5, 5.41) is 20.1. The van der Waals surface area contributed by atoms with Crippen LogP contribution in [0.5, 0.6) is 0 Å². The van der Waals surface area contributed by atoms with Crippen molar-refractivity contribution in [2.75, 3.05) is 0 Å². The first kappa shape index (κ1) is 16.3. The van der Waals surface area contributed by atoms with E-state index in [2.05, 4.69) is 5.32 Å². The third-order valence-electron chi connectivity index (χ3n) is 3.67. The molecule has 0 aromatic carbocycles. The number of urea groups is 1. The number of piperidine rings is 1. The Balaban J connectivity index is 2.64. The highest BCUT2D eigenvalue weighted by Crippen LogP contribution is 2.22. The molecule has 1 saturated heterocycles. The molecular weight excluding hydrogens is 264 g/mol. The molecule has 1 heterocycles. The SMILES string of the molecule is C[C@@H]1CCC[C@H](C)N1C(=O)NC(CCC(=O)O)C(=O)O. The normalized spacial score (nSPS) is 24.0. The Hall–Kier alpha value is -1.79. The molecule has 3 atom stereocenters. The van der Waals surface area contributed by atoms with Crippen molar-refractivity contribution in [2.24, 2.45) is 0 Å². The molecule has 20 heavy (non-hydrogen) atoms. The molecule has 0 radical (unpaired) electrons. The number of carbonyl (C=O) groups is 3. The van der Waals surface area contributed by atoms with Crippen molar-refractivity contribution in [3.8, 4) is 0 Å². The van der Waals surface area contributed by atoms with Gasteiger partial charge in [0.15, 0.2) is 0 Å². The summed E-state index contributed by atoms with van der Waals surface area (Å²) in [6.45, 7) is 3.87. The molecule has 0 aliphatic carbocycles. The van der Waals surface area contributed by atoms with E-state index in [1.54, 1.807) is 4.90 Å². The number of carboxylic acids is 2. The van der Waals surface area contributed by atoms with Gasteiger partial charge in [0.05, 0.1) is 0 Å². The fraction of sp³-hybridized carbons (Fsp3) is 0.769. The van der Waals surface area contributed by atoms with Gasteiger partial charge in [0, 0.05) is 18.5 Å². The van der Waals surface area contributed by atoms with Gasteiger partial charge >= 0.3 is 18.0 Å². The number of nitrogens with one attached hydrogen (secondary N) is 1. The molecule has 7 nitrogen and oxygen atoms in total. The molecule has 1 fully saturated rings. The molecule has 1 aliphatic rings. The van der Waals surface area contributed by atoms with E-state index >= 15 is 0 Å². The standard InChI is InChI=1S/C13H22N2O5/c1-8-4-3-5-9(2)15(8)13(20)14-10(12(18)19)6-7-11(16)17/h8-10H,3-7H2,1-2H3,(H,14,20)(H,16,17)(H,18,19)/t8-,9+,10?. The third-order valence-corrected chi connectivity index (χ3v) is 3.67. The largest absolute Gasteiger partial charge is 0.481 e. The predicted octanol–water partition coefficient (Wildman–Crippen LogP) is 1.28. The van der Waals surface area contributed by atoms with Crippen LogP contribution in [0.2, 0.25) is 0 Å². The average molecular weight is 286 g/mol. The first-order valence-corrected chi connectivity index (χ1v) is 6.86. The lowest BCUT2D eigenvalue weighted by atomic mass is 9.98. The molecule has 3 N–H and O–H groups in total. The average Bonchev–Trinajstić information content (AvgIpc) is 2.33. The molecule has 0 saturated carbocycles. The Bertz CT molecular complexity index is 375. The molecule has 1 aliphatic heterocycles. The van der Waals surface area contributed by atoms with Gasteiger partial charge in [-0.15, -0.1) is 0 Å². The van der Waals surface area contributed by atoms with Crippen molar-refractivity contribution < 1.29 is 24.6 Å². The zero-order valence-corrected chi connectivity index (χ0v) is 11.8. The Labute approximate surface area is 117 Å². The monoisotopic (exact) mass is 286 g/mol. The fourth-order valence-corrected chi connectivity index (χ4v) is 2.57. The maximum absolute atomic E-state index is 12.2. The summed E-state index contributed by atoms with van der Waals surface area (Å²) in [4.78, 5) is 35.4. The molecule has 0 spiro atoms. The summed E-state index contributed by atoms with van der Waals surface area (Å²) < 4.78 is 0. The second-order valence-electron chi connectivity index (χ2n) is 5.31. The molecule has 1 unspecified atom stereocenters. The summed E-state index contributed by atoms with van der Waals surface area (Å²) in [6, 6.07) is -1.47. The number of carbonyl (C=O) groups excluding carboxylic acids is 1. The zero-order valence-electron chi connectivity index (χ0n) is 11.8. The molecule has 2 amide bonds. The second kappa shape index (κ2) is 7.12. The van der Waals surface area contributed by atoms with E-state index < -0.39 is 24.0 Å². The number of rotatable bonds is 5. The van der Waals surface area contributed by atoms with Crippen molar-refractivity contribution in [3.05, 3.63) is 0 Å². The van der Waals surface area contributed by atoms with E-state index in [-0.39, 0.29) is 24.9 Å². The van der Waals surface area contributed by atoms with E-state index in [0.29, 0.717) is 0 Å². The minimum atomic E-state index is -1.21. The van der Waals surface area contributed by atoms with Crippen molar-refractivity contribution in [3.63, 3.8) is 0 Å². The summed E-state index contributed by atoms with van der Waals surface area (Å²) >= 11 is 0. The van der Waals surface area contributed by atoms with Crippen LogP contribution < -0.4 is 5.32 Å². The van der Waals surface area contributed by atoms with E-state index in [4.69, 9.17) is 10.2 Å². The van der Waals surface area contributed by atoms with Gasteiger partial charge in [-0.3, -0.25) is 4.79 Å². The van der Waals surface area contributed by atoms with Crippen LogP contribution in [0, 0.1) is 0 Å². The van der Waals surface area contributed by atoms with Crippen LogP contribution in [0.1, 0.15) is 46.0 Å². The molecule has 114 valence electrons. The highest BCUT2D eigenvalue weighted by Gasteiger charge is 2.31. The molecule has 7 heteroatoms. The number of nitrogens with zero attached hydrogens (tertiary/aromatic N) is 1. The van der Waals surface area contributed by atoms with E-state index in [0.717, 1.165) is 19.3 Å². The minimum Gasteiger partial charge on any atom is -0.481 e. The van der Waals surface area contributed by atoms with Crippen LogP contribution >= 0.6 is 0 Å². The van der Waals surface area contributed by atoms with Crippen LogP contribution in [0.25, 0.3) is 0 Å². The maximum atomic E-state index is 12.2. The molecule has 0 aromatic heterocycles. The highest BCUT2D eigenvalue weighted by molar-refractivity contribution is 5.83. The number of hydrogen-bond acceptors (Lipinski definition) is 3.